The average molecular weight is 234 g/mol. The predicted octanol–water partition coefficient (Wildman–Crippen LogP) is 2.91. The molecule has 0 spiro atoms. The molecule has 0 saturated heterocycles. The fourth-order valence-electron chi connectivity index (χ4n) is 1.61. The van der Waals surface area contributed by atoms with Crippen LogP contribution in [-0.4, -0.2) is 11.5 Å². The average Bonchev–Trinajstić information content (AvgIpc) is 3.04. The molecule has 2 nitrogen and oxygen atoms in total. The number of thiazole rings is 1. The Morgan fingerprint density at radius 2 is 2.38 bits per heavy atom. The van der Waals surface area contributed by atoms with Crippen LogP contribution in [0.5, 0.6) is 0 Å². The molecule has 0 aromatic carbocycles. The van der Waals surface area contributed by atoms with E-state index in [0.29, 0.717) is 0 Å². The van der Waals surface area contributed by atoms with Gasteiger partial charge in [0.15, 0.2) is 0 Å². The van der Waals surface area contributed by atoms with Gasteiger partial charge in [0.1, 0.15) is 0 Å². The summed E-state index contributed by atoms with van der Waals surface area (Å²) in [7, 11) is 0. The van der Waals surface area contributed by atoms with Gasteiger partial charge in [0.25, 0.3) is 0 Å². The highest BCUT2D eigenvalue weighted by Gasteiger charge is 2.26. The zero-order valence-corrected chi connectivity index (χ0v) is 10.4. The van der Waals surface area contributed by atoms with Crippen molar-refractivity contribution in [1.82, 2.24) is 10.3 Å². The molecule has 1 aliphatic rings. The van der Waals surface area contributed by atoms with Crippen molar-refractivity contribution in [2.24, 2.45) is 0 Å². The lowest BCUT2D eigenvalue weighted by Crippen LogP contribution is -2.13. The molecule has 0 amide bonds. The van der Waals surface area contributed by atoms with E-state index in [1.165, 1.54) is 29.1 Å². The van der Waals surface area contributed by atoms with Crippen molar-refractivity contribution in [1.29, 1.82) is 0 Å². The van der Waals surface area contributed by atoms with Crippen LogP contribution in [0.15, 0.2) is 6.20 Å². The second-order valence-corrected chi connectivity index (χ2v) is 5.42. The van der Waals surface area contributed by atoms with E-state index in [2.05, 4.69) is 16.2 Å². The van der Waals surface area contributed by atoms with Crippen LogP contribution in [0.25, 0.3) is 0 Å². The Morgan fingerprint density at radius 1 is 1.50 bits per heavy atom. The molecule has 1 aromatic heterocycles. The smallest absolute Gasteiger partial charge is 0.0959 e. The summed E-state index contributed by atoms with van der Waals surface area (Å²) in [5.74, 6) is 3.45. The van der Waals surface area contributed by atoms with Crippen molar-refractivity contribution in [3.63, 3.8) is 0 Å². The molecule has 1 aliphatic carbocycles. The summed E-state index contributed by atoms with van der Waals surface area (Å²) >= 11 is 1.87. The van der Waals surface area contributed by atoms with E-state index >= 15 is 0 Å². The summed E-state index contributed by atoms with van der Waals surface area (Å²) in [5, 5.41) is 4.77. The quantitative estimate of drug-likeness (QED) is 0.579. The Bertz CT molecular complexity index is 360. The number of rotatable bonds is 7. The molecule has 0 atom stereocenters. The van der Waals surface area contributed by atoms with Gasteiger partial charge in [0.2, 0.25) is 0 Å². The van der Waals surface area contributed by atoms with Crippen molar-refractivity contribution >= 4 is 11.3 Å². The fourth-order valence-corrected chi connectivity index (χ4v) is 2.67. The normalized spacial score (nSPS) is 14.9. The van der Waals surface area contributed by atoms with Crippen LogP contribution in [0.1, 0.15) is 47.9 Å². The van der Waals surface area contributed by atoms with Gasteiger partial charge in [-0.15, -0.1) is 23.7 Å². The molecular formula is C13H18N2S. The maximum atomic E-state index is 5.19. The topological polar surface area (TPSA) is 24.9 Å². The first-order valence-corrected chi connectivity index (χ1v) is 6.80. The molecule has 1 N–H and O–H groups in total. The van der Waals surface area contributed by atoms with Gasteiger partial charge in [-0.05, 0) is 32.2 Å². The predicted molar refractivity (Wildman–Crippen MR) is 68.5 cm³/mol. The Morgan fingerprint density at radius 3 is 3.12 bits per heavy atom. The maximum Gasteiger partial charge on any atom is 0.0959 e. The van der Waals surface area contributed by atoms with Gasteiger partial charge in [-0.2, -0.15) is 0 Å². The summed E-state index contributed by atoms with van der Waals surface area (Å²) in [4.78, 5) is 5.82. The minimum Gasteiger partial charge on any atom is -0.312 e. The molecule has 1 aromatic rings. The lowest BCUT2D eigenvalue weighted by molar-refractivity contribution is 0.633. The molecule has 1 heterocycles. The molecule has 1 fully saturated rings. The largest absolute Gasteiger partial charge is 0.312 e. The number of hydrogen-bond acceptors (Lipinski definition) is 3. The summed E-state index contributed by atoms with van der Waals surface area (Å²) < 4.78 is 0. The first kappa shape index (κ1) is 11.6. The highest BCUT2D eigenvalue weighted by Crippen LogP contribution is 2.41. The Hall–Kier alpha value is -0.850. The Labute approximate surface area is 101 Å². The first-order chi connectivity index (χ1) is 7.90. The van der Waals surface area contributed by atoms with E-state index in [9.17, 15) is 0 Å². The molecule has 0 radical (unpaired) electrons. The van der Waals surface area contributed by atoms with Gasteiger partial charge in [-0.25, -0.2) is 4.98 Å². The second-order valence-electron chi connectivity index (χ2n) is 4.28. The van der Waals surface area contributed by atoms with Gasteiger partial charge in [0.05, 0.1) is 5.01 Å². The highest BCUT2D eigenvalue weighted by molar-refractivity contribution is 7.11. The number of terminal acetylenes is 1. The van der Waals surface area contributed by atoms with Crippen LogP contribution in [0.3, 0.4) is 0 Å². The van der Waals surface area contributed by atoms with E-state index in [1.54, 1.807) is 0 Å². The van der Waals surface area contributed by atoms with Crippen molar-refractivity contribution < 1.29 is 0 Å². The number of unbranched alkanes of at least 4 members (excludes halogenated alkanes) is 2. The van der Waals surface area contributed by atoms with Gasteiger partial charge in [0, 0.05) is 30.0 Å². The fraction of sp³-hybridized carbons (Fsp3) is 0.615. The Kier molecular flexibility index (Phi) is 4.38. The zero-order valence-electron chi connectivity index (χ0n) is 9.54. The highest BCUT2D eigenvalue weighted by atomic mass is 32.1. The van der Waals surface area contributed by atoms with Gasteiger partial charge < -0.3 is 5.32 Å². The van der Waals surface area contributed by atoms with E-state index in [1.807, 2.05) is 17.5 Å². The Balaban J connectivity index is 1.59. The minimum atomic E-state index is 0.786. The van der Waals surface area contributed by atoms with Crippen LogP contribution in [0.4, 0.5) is 0 Å². The van der Waals surface area contributed by atoms with Crippen molar-refractivity contribution in [3.8, 4) is 12.3 Å². The van der Waals surface area contributed by atoms with Crippen LogP contribution in [0, 0.1) is 12.3 Å². The maximum absolute atomic E-state index is 5.19. The molecule has 86 valence electrons. The lowest BCUT2D eigenvalue weighted by Gasteiger charge is -2.00. The number of nitrogens with zero attached hydrogens (tertiary/aromatic N) is 1. The van der Waals surface area contributed by atoms with Gasteiger partial charge >= 0.3 is 0 Å². The molecule has 2 rings (SSSR count). The zero-order chi connectivity index (χ0) is 11.2. The van der Waals surface area contributed by atoms with Crippen LogP contribution < -0.4 is 5.32 Å². The van der Waals surface area contributed by atoms with Crippen molar-refractivity contribution in [2.75, 3.05) is 6.54 Å². The summed E-state index contributed by atoms with van der Waals surface area (Å²) in [6, 6.07) is 0. The monoisotopic (exact) mass is 234 g/mol. The standard InChI is InChI=1S/C13H18N2S/c1-2-3-4-5-8-14-9-12-10-15-13(16-12)11-6-7-11/h1,10-11,14H,3-9H2. The number of aromatic nitrogens is 1. The molecular weight excluding hydrogens is 216 g/mol. The molecule has 1 saturated carbocycles. The first-order valence-electron chi connectivity index (χ1n) is 5.99. The SMILES string of the molecule is C#CCCCCNCc1cnc(C2CC2)s1. The molecule has 16 heavy (non-hydrogen) atoms. The minimum absolute atomic E-state index is 0.786. The number of nitrogens with one attached hydrogen (secondary N) is 1. The third kappa shape index (κ3) is 3.62. The van der Waals surface area contributed by atoms with Gasteiger partial charge in [-0.1, -0.05) is 0 Å². The van der Waals surface area contributed by atoms with Crippen LogP contribution in [0.2, 0.25) is 0 Å². The third-order valence-electron chi connectivity index (χ3n) is 2.72. The van der Waals surface area contributed by atoms with E-state index < -0.39 is 0 Å². The van der Waals surface area contributed by atoms with E-state index in [0.717, 1.165) is 31.8 Å². The van der Waals surface area contributed by atoms with Gasteiger partial charge in [-0.3, -0.25) is 0 Å². The van der Waals surface area contributed by atoms with Crippen LogP contribution >= 0.6 is 11.3 Å². The molecule has 0 aliphatic heterocycles. The number of hydrogen-bond donors (Lipinski definition) is 1. The van der Waals surface area contributed by atoms with Crippen molar-refractivity contribution in [3.05, 3.63) is 16.1 Å². The molecule has 0 unspecified atom stereocenters. The lowest BCUT2D eigenvalue weighted by atomic mass is 10.2. The van der Waals surface area contributed by atoms with E-state index in [-0.39, 0.29) is 0 Å². The van der Waals surface area contributed by atoms with Crippen molar-refractivity contribution in [2.45, 2.75) is 44.6 Å². The third-order valence-corrected chi connectivity index (χ3v) is 3.88. The summed E-state index contributed by atoms with van der Waals surface area (Å²) in [6.07, 6.45) is 13.1. The van der Waals surface area contributed by atoms with E-state index in [4.69, 9.17) is 6.42 Å². The molecule has 0 bridgehead atoms. The summed E-state index contributed by atoms with van der Waals surface area (Å²) in [6.45, 7) is 2.01. The summed E-state index contributed by atoms with van der Waals surface area (Å²) in [5.41, 5.74) is 0. The molecule has 3 heteroatoms. The second kappa shape index (κ2) is 6.03. The van der Waals surface area contributed by atoms with Crippen LogP contribution in [-0.2, 0) is 6.54 Å².